The molecule has 1 N–H and O–H groups in total. The van der Waals surface area contributed by atoms with Gasteiger partial charge in [0.15, 0.2) is 5.71 Å². The van der Waals surface area contributed by atoms with Gasteiger partial charge in [-0.3, -0.25) is 10.2 Å². The molecule has 0 aromatic heterocycles. The van der Waals surface area contributed by atoms with Crippen LogP contribution in [0.1, 0.15) is 20.8 Å². The van der Waals surface area contributed by atoms with Gasteiger partial charge in [0.2, 0.25) is 0 Å². The largest absolute Gasteiger partial charge is 0.455 e. The third kappa shape index (κ3) is 4.08. The Morgan fingerprint density at radius 3 is 2.00 bits per heavy atom. The average molecular weight is 192 g/mol. The third-order valence-electron chi connectivity index (χ3n) is 0.800. The fourth-order valence-electron chi connectivity index (χ4n) is 0.409. The van der Waals surface area contributed by atoms with E-state index in [1.165, 1.54) is 0 Å². The third-order valence-corrected chi connectivity index (χ3v) is 0.989. The van der Waals surface area contributed by atoms with Gasteiger partial charge in [0, 0.05) is 0 Å². The Labute approximate surface area is 75.4 Å². The molecule has 0 aliphatic carbocycles. The zero-order valence-corrected chi connectivity index (χ0v) is 7.86. The van der Waals surface area contributed by atoms with Gasteiger partial charge >= 0.3 is 5.97 Å². The first-order chi connectivity index (χ1) is 5.24. The highest BCUT2D eigenvalue weighted by Gasteiger charge is 2.23. The highest BCUT2D eigenvalue weighted by atomic mass is 35.5. The smallest absolute Gasteiger partial charge is 0.361 e. The van der Waals surface area contributed by atoms with Crippen molar-refractivity contribution in [2.24, 2.45) is 0 Å². The fraction of sp³-hybridized carbons (Fsp3) is 0.571. The summed E-state index contributed by atoms with van der Waals surface area (Å²) in [6, 6.07) is 0. The Balaban J connectivity index is 4.25. The lowest BCUT2D eigenvalue weighted by atomic mass is 10.2. The summed E-state index contributed by atoms with van der Waals surface area (Å²) in [7, 11) is 0. The van der Waals surface area contributed by atoms with Gasteiger partial charge in [-0.15, -0.1) is 0 Å². The number of esters is 1. The highest BCUT2D eigenvalue weighted by molar-refractivity contribution is 6.89. The number of carbonyl (C=O) groups is 2. The summed E-state index contributed by atoms with van der Waals surface area (Å²) in [4.78, 5) is 21.2. The van der Waals surface area contributed by atoms with Crippen LogP contribution in [0.4, 0.5) is 0 Å². The minimum Gasteiger partial charge on any atom is -0.455 e. The van der Waals surface area contributed by atoms with Crippen molar-refractivity contribution in [2.45, 2.75) is 26.4 Å². The first-order valence-electron chi connectivity index (χ1n) is 3.26. The predicted octanol–water partition coefficient (Wildman–Crippen LogP) is 1.11. The minimum atomic E-state index is -1.11. The summed E-state index contributed by atoms with van der Waals surface area (Å²) in [5, 5.41) is 5.77. The van der Waals surface area contributed by atoms with Crippen LogP contribution in [0.3, 0.4) is 0 Å². The SMILES string of the molecule is CC(C)(C)OC(=O)C(=N)C(=O)Cl. The molecule has 0 aliphatic rings. The van der Waals surface area contributed by atoms with Crippen LogP contribution < -0.4 is 0 Å². The summed E-state index contributed by atoms with van der Waals surface area (Å²) >= 11 is 4.89. The van der Waals surface area contributed by atoms with Crippen molar-refractivity contribution in [3.8, 4) is 0 Å². The Morgan fingerprint density at radius 2 is 1.75 bits per heavy atom. The molecule has 0 saturated heterocycles. The molecule has 0 amide bonds. The van der Waals surface area contributed by atoms with E-state index in [2.05, 4.69) is 0 Å². The number of hydrogen-bond acceptors (Lipinski definition) is 4. The van der Waals surface area contributed by atoms with E-state index in [1.54, 1.807) is 20.8 Å². The van der Waals surface area contributed by atoms with Gasteiger partial charge in [0.05, 0.1) is 0 Å². The van der Waals surface area contributed by atoms with E-state index in [1.807, 2.05) is 0 Å². The molecule has 0 unspecified atom stereocenters. The van der Waals surface area contributed by atoms with Crippen LogP contribution in [0.2, 0.25) is 0 Å². The van der Waals surface area contributed by atoms with E-state index < -0.39 is 22.5 Å². The predicted molar refractivity (Wildman–Crippen MR) is 44.4 cm³/mol. The maximum atomic E-state index is 10.8. The van der Waals surface area contributed by atoms with E-state index in [4.69, 9.17) is 21.7 Å². The number of hydrogen-bond donors (Lipinski definition) is 1. The zero-order valence-electron chi connectivity index (χ0n) is 7.10. The maximum absolute atomic E-state index is 10.8. The first kappa shape index (κ1) is 11.1. The molecular weight excluding hydrogens is 182 g/mol. The Bertz CT molecular complexity index is 229. The second-order valence-electron chi connectivity index (χ2n) is 3.15. The van der Waals surface area contributed by atoms with E-state index in [9.17, 15) is 9.59 Å². The van der Waals surface area contributed by atoms with Gasteiger partial charge in [-0.25, -0.2) is 4.79 Å². The molecule has 0 rings (SSSR count). The molecule has 4 nitrogen and oxygen atoms in total. The lowest BCUT2D eigenvalue weighted by Crippen LogP contribution is -2.30. The van der Waals surface area contributed by atoms with Crippen LogP contribution in [0.25, 0.3) is 0 Å². The van der Waals surface area contributed by atoms with Crippen molar-refractivity contribution in [2.75, 3.05) is 0 Å². The molecule has 0 spiro atoms. The fourth-order valence-corrected chi connectivity index (χ4v) is 0.487. The number of halogens is 1. The van der Waals surface area contributed by atoms with Crippen molar-refractivity contribution in [1.82, 2.24) is 0 Å². The molecule has 0 radical (unpaired) electrons. The van der Waals surface area contributed by atoms with Gasteiger partial charge in [0.25, 0.3) is 5.24 Å². The quantitative estimate of drug-likeness (QED) is 0.308. The summed E-state index contributed by atoms with van der Waals surface area (Å²) in [6.45, 7) is 4.91. The highest BCUT2D eigenvalue weighted by Crippen LogP contribution is 2.07. The lowest BCUT2D eigenvalue weighted by Gasteiger charge is -2.18. The zero-order chi connectivity index (χ0) is 9.94. The normalized spacial score (nSPS) is 10.7. The van der Waals surface area contributed by atoms with Crippen LogP contribution in [-0.4, -0.2) is 22.5 Å². The monoisotopic (exact) mass is 191 g/mol. The molecule has 5 heteroatoms. The van der Waals surface area contributed by atoms with Crippen LogP contribution >= 0.6 is 11.6 Å². The van der Waals surface area contributed by atoms with Crippen molar-refractivity contribution in [3.05, 3.63) is 0 Å². The van der Waals surface area contributed by atoms with Gasteiger partial charge in [-0.05, 0) is 32.4 Å². The van der Waals surface area contributed by atoms with E-state index >= 15 is 0 Å². The number of carbonyl (C=O) groups excluding carboxylic acids is 2. The van der Waals surface area contributed by atoms with Crippen LogP contribution in [0.5, 0.6) is 0 Å². The molecule has 12 heavy (non-hydrogen) atoms. The van der Waals surface area contributed by atoms with E-state index in [0.717, 1.165) is 0 Å². The van der Waals surface area contributed by atoms with Crippen molar-refractivity contribution in [3.63, 3.8) is 0 Å². The second kappa shape index (κ2) is 3.67. The van der Waals surface area contributed by atoms with Crippen LogP contribution in [0, 0.1) is 5.41 Å². The standard InChI is InChI=1S/C7H10ClNO3/c1-7(2,3)12-6(11)4(9)5(8)10/h9H,1-3H3. The molecule has 0 aliphatic heterocycles. The molecule has 0 bridgehead atoms. The number of nitrogens with one attached hydrogen (secondary N) is 1. The van der Waals surface area contributed by atoms with Gasteiger partial charge in [-0.2, -0.15) is 0 Å². The Morgan fingerprint density at radius 1 is 1.33 bits per heavy atom. The molecule has 68 valence electrons. The molecule has 0 saturated carbocycles. The number of rotatable bonds is 2. The van der Waals surface area contributed by atoms with E-state index in [-0.39, 0.29) is 0 Å². The maximum Gasteiger partial charge on any atom is 0.361 e. The summed E-state index contributed by atoms with van der Waals surface area (Å²) in [6.07, 6.45) is 0. The lowest BCUT2D eigenvalue weighted by molar-refractivity contribution is -0.146. The Kier molecular flexibility index (Phi) is 3.39. The van der Waals surface area contributed by atoms with Gasteiger partial charge in [-0.1, -0.05) is 0 Å². The van der Waals surface area contributed by atoms with E-state index in [0.29, 0.717) is 0 Å². The van der Waals surface area contributed by atoms with Crippen LogP contribution in [0.15, 0.2) is 0 Å². The topological polar surface area (TPSA) is 67.2 Å². The van der Waals surface area contributed by atoms with Crippen molar-refractivity contribution in [1.29, 1.82) is 5.41 Å². The average Bonchev–Trinajstić information content (AvgIpc) is 1.82. The van der Waals surface area contributed by atoms with Crippen molar-refractivity contribution >= 4 is 28.5 Å². The number of ether oxygens (including phenoxy) is 1. The molecule has 0 heterocycles. The van der Waals surface area contributed by atoms with Gasteiger partial charge < -0.3 is 4.74 Å². The molecule has 0 atom stereocenters. The molecular formula is C7H10ClNO3. The van der Waals surface area contributed by atoms with Gasteiger partial charge in [0.1, 0.15) is 5.60 Å². The second-order valence-corrected chi connectivity index (χ2v) is 3.49. The summed E-state index contributed by atoms with van der Waals surface area (Å²) in [5.74, 6) is -0.998. The molecule has 0 aromatic carbocycles. The Hall–Kier alpha value is -0.900. The summed E-state index contributed by atoms with van der Waals surface area (Å²) < 4.78 is 4.69. The minimum absolute atomic E-state index is 0.713. The first-order valence-corrected chi connectivity index (χ1v) is 3.63. The molecule has 0 aromatic rings. The van der Waals surface area contributed by atoms with Crippen molar-refractivity contribution < 1.29 is 14.3 Å². The molecule has 0 fully saturated rings. The van der Waals surface area contributed by atoms with Crippen LogP contribution in [-0.2, 0) is 14.3 Å². The summed E-state index contributed by atoms with van der Waals surface area (Å²) in [5.41, 5.74) is -1.55.